The summed E-state index contributed by atoms with van der Waals surface area (Å²) in [4.78, 5) is 40.7. The van der Waals surface area contributed by atoms with Crippen LogP contribution in [0, 0.1) is 11.8 Å². The Morgan fingerprint density at radius 1 is 1.16 bits per heavy atom. The van der Waals surface area contributed by atoms with Crippen molar-refractivity contribution in [3.05, 3.63) is 57.1 Å². The van der Waals surface area contributed by atoms with Crippen LogP contribution in [0.5, 0.6) is 5.75 Å². The molecule has 1 aromatic carbocycles. The summed E-state index contributed by atoms with van der Waals surface area (Å²) in [5.74, 6) is -8.80. The van der Waals surface area contributed by atoms with E-state index < -0.39 is 75.6 Å². The van der Waals surface area contributed by atoms with Gasteiger partial charge in [0, 0.05) is 17.1 Å². The summed E-state index contributed by atoms with van der Waals surface area (Å²) in [6, 6.07) is 2.11. The highest BCUT2D eigenvalue weighted by molar-refractivity contribution is 6.25. The summed E-state index contributed by atoms with van der Waals surface area (Å²) in [7, 11) is 3.00. The predicted octanol–water partition coefficient (Wildman–Crippen LogP) is 1.22. The molecule has 4 aliphatic rings. The van der Waals surface area contributed by atoms with Gasteiger partial charge in [-0.1, -0.05) is 30.7 Å². The van der Waals surface area contributed by atoms with E-state index in [0.717, 1.165) is 24.8 Å². The molecule has 196 valence electrons. The van der Waals surface area contributed by atoms with Crippen LogP contribution in [0.2, 0.25) is 0 Å². The number of ketones is 2. The monoisotopic (exact) mass is 510 g/mol. The molecule has 6 atom stereocenters. The minimum absolute atomic E-state index is 0.0749. The molecule has 37 heavy (non-hydrogen) atoms. The van der Waals surface area contributed by atoms with Crippen LogP contribution >= 0.6 is 0 Å². The van der Waals surface area contributed by atoms with Gasteiger partial charge >= 0.3 is 0 Å². The first-order valence-electron chi connectivity index (χ1n) is 12.2. The molecule has 7 N–H and O–H groups in total. The van der Waals surface area contributed by atoms with E-state index in [9.17, 15) is 39.9 Å². The van der Waals surface area contributed by atoms with E-state index in [2.05, 4.69) is 0 Å². The number of nitrogens with two attached hydrogens (primary N) is 1. The maximum absolute atomic E-state index is 13.8. The number of aliphatic hydroxyl groups is 4. The average Bonchev–Trinajstić information content (AvgIpc) is 2.79. The van der Waals surface area contributed by atoms with E-state index >= 15 is 0 Å². The predicted molar refractivity (Wildman–Crippen MR) is 132 cm³/mol. The van der Waals surface area contributed by atoms with Gasteiger partial charge in [-0.2, -0.15) is 0 Å². The lowest BCUT2D eigenvalue weighted by Gasteiger charge is -2.53. The van der Waals surface area contributed by atoms with Crippen LogP contribution in [-0.2, 0) is 9.59 Å². The van der Waals surface area contributed by atoms with Gasteiger partial charge in [0.15, 0.2) is 11.4 Å². The van der Waals surface area contributed by atoms with Crippen molar-refractivity contribution in [1.29, 1.82) is 0 Å². The number of hydrogen-bond donors (Lipinski definition) is 6. The lowest BCUT2D eigenvalue weighted by molar-refractivity contribution is -0.162. The van der Waals surface area contributed by atoms with Gasteiger partial charge in [-0.3, -0.25) is 19.3 Å². The fourth-order valence-electron chi connectivity index (χ4n) is 6.50. The van der Waals surface area contributed by atoms with E-state index in [4.69, 9.17) is 5.73 Å². The quantitative estimate of drug-likeness (QED) is 0.326. The lowest BCUT2D eigenvalue weighted by atomic mass is 9.55. The highest BCUT2D eigenvalue weighted by Gasteiger charge is 2.67. The average molecular weight is 511 g/mol. The smallest absolute Gasteiger partial charge is 0.255 e. The molecule has 4 aliphatic carbocycles. The Kier molecular flexibility index (Phi) is 5.63. The minimum Gasteiger partial charge on any atom is -0.510 e. The molecule has 10 heteroatoms. The van der Waals surface area contributed by atoms with Crippen LogP contribution in [0.25, 0.3) is 6.08 Å². The molecule has 0 aromatic heterocycles. The first-order chi connectivity index (χ1) is 17.3. The number of rotatable bonds is 3. The molecule has 0 unspecified atom stereocenters. The number of aromatic hydroxyl groups is 1. The number of aliphatic hydroxyl groups excluding tert-OH is 3. The number of allylic oxidation sites excluding steroid dienone is 1. The molecule has 0 aliphatic heterocycles. The van der Waals surface area contributed by atoms with E-state index in [1.165, 1.54) is 19.0 Å². The molecule has 1 saturated carbocycles. The van der Waals surface area contributed by atoms with Gasteiger partial charge in [0.25, 0.3) is 5.91 Å². The SMILES string of the molecule is C[C@H]1c2ccc(C=C3CCC3)c(O)c2C(=O)C2=C(O)[C@]3(O)C(=O)C(C(N)=O)=C(O)[C@@H](N(C)C)[C@@H]3[C@@H](O)[C@@H]21. The summed E-state index contributed by atoms with van der Waals surface area (Å²) in [5, 5.41) is 56.6. The standard InChI is InChI=1S/C27H30N2O8/c1-10-13-8-7-12(9-11-5-4-6-11)20(30)15(13)21(31)16-14(10)22(32)18-19(29(2)3)23(33)17(26(28)36)25(35)27(18,37)24(16)34/h7-10,14,18-19,22,30,32-34,37H,4-6H2,1-3H3,(H2,28,36)/t10-,14+,18+,19-,22-,27-/m0/s1. The largest absolute Gasteiger partial charge is 0.510 e. The second-order valence-corrected chi connectivity index (χ2v) is 10.7. The van der Waals surface area contributed by atoms with Crippen molar-refractivity contribution < 1.29 is 39.9 Å². The molecule has 1 fully saturated rings. The number of nitrogens with zero attached hydrogens (tertiary/aromatic N) is 1. The van der Waals surface area contributed by atoms with Gasteiger partial charge < -0.3 is 31.3 Å². The van der Waals surface area contributed by atoms with Crippen molar-refractivity contribution in [1.82, 2.24) is 4.90 Å². The van der Waals surface area contributed by atoms with Crippen LogP contribution in [0.15, 0.2) is 40.4 Å². The Morgan fingerprint density at radius 2 is 1.81 bits per heavy atom. The third-order valence-corrected chi connectivity index (χ3v) is 8.52. The van der Waals surface area contributed by atoms with Gasteiger partial charge in [0.05, 0.1) is 23.6 Å². The minimum atomic E-state index is -2.91. The van der Waals surface area contributed by atoms with Gasteiger partial charge in [0.1, 0.15) is 22.8 Å². The third-order valence-electron chi connectivity index (χ3n) is 8.52. The highest BCUT2D eigenvalue weighted by Crippen LogP contribution is 2.55. The maximum atomic E-state index is 13.8. The number of carbonyl (C=O) groups excluding carboxylic acids is 3. The van der Waals surface area contributed by atoms with Crippen LogP contribution in [-0.4, -0.2) is 79.7 Å². The number of phenols is 1. The molecule has 1 aromatic rings. The molecule has 10 nitrogen and oxygen atoms in total. The van der Waals surface area contributed by atoms with Gasteiger partial charge in [0.2, 0.25) is 5.78 Å². The Bertz CT molecular complexity index is 1350. The number of fused-ring (bicyclic) bond motifs is 3. The number of amides is 1. The summed E-state index contributed by atoms with van der Waals surface area (Å²) >= 11 is 0. The van der Waals surface area contributed by atoms with Crippen molar-refractivity contribution in [3.8, 4) is 5.75 Å². The summed E-state index contributed by atoms with van der Waals surface area (Å²) < 4.78 is 0. The molecule has 0 heterocycles. The topological polar surface area (TPSA) is 182 Å². The maximum Gasteiger partial charge on any atom is 0.255 e. The molecule has 1 amide bonds. The first kappa shape index (κ1) is 25.2. The highest BCUT2D eigenvalue weighted by atomic mass is 16.4. The first-order valence-corrected chi connectivity index (χ1v) is 12.2. The zero-order chi connectivity index (χ0) is 27.1. The van der Waals surface area contributed by atoms with Gasteiger partial charge in [-0.05, 0) is 44.8 Å². The summed E-state index contributed by atoms with van der Waals surface area (Å²) in [5.41, 5.74) is 3.04. The summed E-state index contributed by atoms with van der Waals surface area (Å²) in [6.07, 6.45) is 3.05. The third kappa shape index (κ3) is 3.19. The molecular weight excluding hydrogens is 480 g/mol. The Hall–Kier alpha value is -3.47. The molecular formula is C27H30N2O8. The molecule has 0 bridgehead atoms. The molecule has 5 rings (SSSR count). The second kappa shape index (κ2) is 8.27. The fourth-order valence-corrected chi connectivity index (χ4v) is 6.50. The number of likely N-dealkylation sites (N-methyl/N-ethyl adjacent to an activating group) is 1. The number of benzene rings is 1. The van der Waals surface area contributed by atoms with Crippen LogP contribution < -0.4 is 5.73 Å². The molecule has 0 radical (unpaired) electrons. The van der Waals surface area contributed by atoms with Gasteiger partial charge in [-0.25, -0.2) is 0 Å². The molecule has 0 saturated heterocycles. The Balaban J connectivity index is 1.75. The van der Waals surface area contributed by atoms with Gasteiger partial charge in [-0.15, -0.1) is 0 Å². The van der Waals surface area contributed by atoms with Crippen LogP contribution in [0.4, 0.5) is 0 Å². The van der Waals surface area contributed by atoms with Crippen LogP contribution in [0.3, 0.4) is 0 Å². The molecule has 0 spiro atoms. The Labute approximate surface area is 213 Å². The second-order valence-electron chi connectivity index (χ2n) is 10.7. The van der Waals surface area contributed by atoms with Crippen molar-refractivity contribution >= 4 is 23.5 Å². The van der Waals surface area contributed by atoms with E-state index in [1.807, 2.05) is 6.08 Å². The zero-order valence-electron chi connectivity index (χ0n) is 20.7. The lowest BCUT2D eigenvalue weighted by Crippen LogP contribution is -2.68. The van der Waals surface area contributed by atoms with Crippen molar-refractivity contribution in [2.45, 2.75) is 49.9 Å². The number of phenolic OH excluding ortho intramolecular Hbond substituents is 1. The number of hydrogen-bond acceptors (Lipinski definition) is 9. The van der Waals surface area contributed by atoms with Crippen molar-refractivity contribution in [2.24, 2.45) is 17.6 Å². The van der Waals surface area contributed by atoms with E-state index in [0.29, 0.717) is 11.1 Å². The normalized spacial score (nSPS) is 33.1. The zero-order valence-corrected chi connectivity index (χ0v) is 20.7. The fraction of sp³-hybridized carbons (Fsp3) is 0.444. The van der Waals surface area contributed by atoms with E-state index in [-0.39, 0.29) is 11.3 Å². The van der Waals surface area contributed by atoms with Crippen molar-refractivity contribution in [2.75, 3.05) is 14.1 Å². The number of Topliss-reactive ketones (excluding diaryl/α,β-unsaturated/α-hetero) is 2. The van der Waals surface area contributed by atoms with Crippen molar-refractivity contribution in [3.63, 3.8) is 0 Å². The van der Waals surface area contributed by atoms with Crippen LogP contribution in [0.1, 0.15) is 53.6 Å². The Morgan fingerprint density at radius 3 is 2.35 bits per heavy atom. The number of carbonyl (C=O) groups is 3. The number of primary amides is 1. The summed E-state index contributed by atoms with van der Waals surface area (Å²) in [6.45, 7) is 1.71. The van der Waals surface area contributed by atoms with E-state index in [1.54, 1.807) is 19.1 Å².